The number of carbonyl (C=O) groups is 1. The second kappa shape index (κ2) is 12.2. The minimum atomic E-state index is -0.270. The summed E-state index contributed by atoms with van der Waals surface area (Å²) in [5.74, 6) is 1.95. The highest BCUT2D eigenvalue weighted by Gasteiger charge is 2.17. The molecular weight excluding hydrogens is 498 g/mol. The second-order valence-corrected chi connectivity index (χ2v) is 8.81. The zero-order valence-electron chi connectivity index (χ0n) is 19.7. The molecule has 10 heteroatoms. The Kier molecular flexibility index (Phi) is 8.59. The van der Waals surface area contributed by atoms with E-state index in [0.717, 1.165) is 22.6 Å². The van der Waals surface area contributed by atoms with Crippen LogP contribution in [-0.2, 0) is 4.79 Å². The summed E-state index contributed by atoms with van der Waals surface area (Å²) in [4.78, 5) is 12.4. The van der Waals surface area contributed by atoms with Crippen molar-refractivity contribution in [1.29, 1.82) is 0 Å². The van der Waals surface area contributed by atoms with E-state index in [2.05, 4.69) is 20.7 Å². The molecule has 0 atom stereocenters. The Morgan fingerprint density at radius 2 is 1.86 bits per heavy atom. The van der Waals surface area contributed by atoms with Crippen LogP contribution in [0.25, 0.3) is 17.1 Å². The van der Waals surface area contributed by atoms with Gasteiger partial charge in [-0.2, -0.15) is 5.10 Å². The Morgan fingerprint density at radius 1 is 1.08 bits per heavy atom. The van der Waals surface area contributed by atoms with Gasteiger partial charge in [0.1, 0.15) is 11.5 Å². The third-order valence-corrected chi connectivity index (χ3v) is 6.15. The Morgan fingerprint density at radius 3 is 2.58 bits per heavy atom. The third kappa shape index (κ3) is 6.44. The molecule has 3 aromatic carbocycles. The largest absolute Gasteiger partial charge is 0.497 e. The van der Waals surface area contributed by atoms with Crippen molar-refractivity contribution in [3.05, 3.63) is 83.4 Å². The first kappa shape index (κ1) is 25.3. The topological polar surface area (TPSA) is 90.6 Å². The predicted octanol–water partition coefficient (Wildman–Crippen LogP) is 5.24. The standard InChI is InChI=1S/C26H24ClN5O3S/c1-3-35-22-13-11-21(12-14-22)32-25(19-7-9-20(27)10-8-19)30-31-26(32)36-17-24(33)29-28-16-18-5-4-6-23(15-18)34-2/h4-16H,3,17H2,1-2H3,(H,29,33)/b28-16+. The zero-order valence-corrected chi connectivity index (χ0v) is 21.3. The lowest BCUT2D eigenvalue weighted by Crippen LogP contribution is -2.20. The van der Waals surface area contributed by atoms with Crippen molar-refractivity contribution in [3.8, 4) is 28.6 Å². The van der Waals surface area contributed by atoms with Crippen molar-refractivity contribution in [2.75, 3.05) is 19.5 Å². The van der Waals surface area contributed by atoms with Gasteiger partial charge in [-0.15, -0.1) is 10.2 Å². The number of halogens is 1. The number of rotatable bonds is 10. The Hall–Kier alpha value is -3.82. The van der Waals surface area contributed by atoms with Gasteiger partial charge in [0.2, 0.25) is 0 Å². The van der Waals surface area contributed by atoms with E-state index < -0.39 is 0 Å². The maximum atomic E-state index is 12.4. The predicted molar refractivity (Wildman–Crippen MR) is 142 cm³/mol. The van der Waals surface area contributed by atoms with E-state index >= 15 is 0 Å². The molecule has 0 unspecified atom stereocenters. The molecule has 184 valence electrons. The highest BCUT2D eigenvalue weighted by Crippen LogP contribution is 2.29. The van der Waals surface area contributed by atoms with E-state index in [4.69, 9.17) is 21.1 Å². The highest BCUT2D eigenvalue weighted by atomic mass is 35.5. The van der Waals surface area contributed by atoms with Gasteiger partial charge < -0.3 is 9.47 Å². The van der Waals surface area contributed by atoms with Gasteiger partial charge >= 0.3 is 0 Å². The molecule has 1 N–H and O–H groups in total. The fraction of sp³-hybridized carbons (Fsp3) is 0.154. The van der Waals surface area contributed by atoms with Crippen molar-refractivity contribution in [1.82, 2.24) is 20.2 Å². The van der Waals surface area contributed by atoms with E-state index in [1.54, 1.807) is 25.5 Å². The smallest absolute Gasteiger partial charge is 0.250 e. The molecule has 0 radical (unpaired) electrons. The molecule has 0 bridgehead atoms. The van der Waals surface area contributed by atoms with E-state index in [1.807, 2.05) is 72.2 Å². The molecule has 1 heterocycles. The first-order valence-electron chi connectivity index (χ1n) is 11.1. The Bertz CT molecular complexity index is 1340. The van der Waals surface area contributed by atoms with Crippen molar-refractivity contribution in [2.24, 2.45) is 5.10 Å². The number of thioether (sulfide) groups is 1. The number of hydrazone groups is 1. The van der Waals surface area contributed by atoms with Crippen molar-refractivity contribution >= 4 is 35.5 Å². The van der Waals surface area contributed by atoms with E-state index in [9.17, 15) is 4.79 Å². The van der Waals surface area contributed by atoms with Crippen LogP contribution in [0.15, 0.2) is 83.1 Å². The molecule has 36 heavy (non-hydrogen) atoms. The number of hydrogen-bond acceptors (Lipinski definition) is 7. The monoisotopic (exact) mass is 521 g/mol. The molecule has 1 aromatic heterocycles. The number of carbonyl (C=O) groups excluding carboxylic acids is 1. The fourth-order valence-electron chi connectivity index (χ4n) is 3.30. The van der Waals surface area contributed by atoms with Gasteiger partial charge in [-0.25, -0.2) is 5.43 Å². The molecule has 0 aliphatic heterocycles. The van der Waals surface area contributed by atoms with Gasteiger partial charge in [0.15, 0.2) is 11.0 Å². The van der Waals surface area contributed by atoms with Crippen LogP contribution in [0.3, 0.4) is 0 Å². The normalized spacial score (nSPS) is 11.0. The van der Waals surface area contributed by atoms with Crippen molar-refractivity contribution < 1.29 is 14.3 Å². The maximum absolute atomic E-state index is 12.4. The number of methoxy groups -OCH3 is 1. The average Bonchev–Trinajstić information content (AvgIpc) is 3.32. The molecule has 0 aliphatic rings. The molecule has 4 aromatic rings. The van der Waals surface area contributed by atoms with Crippen LogP contribution < -0.4 is 14.9 Å². The Labute approximate surface area is 218 Å². The molecule has 0 saturated carbocycles. The average molecular weight is 522 g/mol. The van der Waals surface area contributed by atoms with Crippen LogP contribution in [0.4, 0.5) is 0 Å². The molecule has 0 spiro atoms. The SMILES string of the molecule is CCOc1ccc(-n2c(SCC(=O)N/N=C/c3cccc(OC)c3)nnc2-c2ccc(Cl)cc2)cc1. The number of amides is 1. The highest BCUT2D eigenvalue weighted by molar-refractivity contribution is 7.99. The second-order valence-electron chi connectivity index (χ2n) is 7.43. The quantitative estimate of drug-likeness (QED) is 0.174. The van der Waals surface area contributed by atoms with E-state index in [0.29, 0.717) is 28.4 Å². The molecule has 4 rings (SSSR count). The van der Waals surface area contributed by atoms with Gasteiger partial charge in [0, 0.05) is 16.3 Å². The number of hydrogen-bond donors (Lipinski definition) is 1. The lowest BCUT2D eigenvalue weighted by Gasteiger charge is -2.11. The summed E-state index contributed by atoms with van der Waals surface area (Å²) < 4.78 is 12.7. The number of aromatic nitrogens is 3. The fourth-order valence-corrected chi connectivity index (χ4v) is 4.17. The van der Waals surface area contributed by atoms with Gasteiger partial charge in [-0.05, 0) is 73.2 Å². The van der Waals surface area contributed by atoms with E-state index in [-0.39, 0.29) is 11.7 Å². The molecule has 1 amide bonds. The minimum absolute atomic E-state index is 0.102. The zero-order chi connectivity index (χ0) is 25.3. The summed E-state index contributed by atoms with van der Waals surface area (Å²) in [5.41, 5.74) is 5.04. The van der Waals surface area contributed by atoms with Crippen LogP contribution in [0.5, 0.6) is 11.5 Å². The summed E-state index contributed by atoms with van der Waals surface area (Å²) in [5, 5.41) is 14.0. The van der Waals surface area contributed by atoms with Crippen LogP contribution in [0, 0.1) is 0 Å². The maximum Gasteiger partial charge on any atom is 0.250 e. The molecular formula is C26H24ClN5O3S. The summed E-state index contributed by atoms with van der Waals surface area (Å²) in [6.45, 7) is 2.52. The third-order valence-electron chi connectivity index (χ3n) is 4.97. The van der Waals surface area contributed by atoms with Gasteiger partial charge in [-0.3, -0.25) is 9.36 Å². The molecule has 8 nitrogen and oxygen atoms in total. The first-order valence-corrected chi connectivity index (χ1v) is 12.5. The van der Waals surface area contributed by atoms with Gasteiger partial charge in [0.05, 0.1) is 25.7 Å². The van der Waals surface area contributed by atoms with E-state index in [1.165, 1.54) is 11.8 Å². The van der Waals surface area contributed by atoms with Gasteiger partial charge in [0.25, 0.3) is 5.91 Å². The first-order chi connectivity index (χ1) is 17.6. The summed E-state index contributed by atoms with van der Waals surface area (Å²) in [7, 11) is 1.60. The molecule has 0 aliphatic carbocycles. The minimum Gasteiger partial charge on any atom is -0.497 e. The lowest BCUT2D eigenvalue weighted by atomic mass is 10.2. The molecule has 0 fully saturated rings. The number of nitrogens with one attached hydrogen (secondary N) is 1. The Balaban J connectivity index is 1.51. The van der Waals surface area contributed by atoms with Crippen LogP contribution in [0.1, 0.15) is 12.5 Å². The summed E-state index contributed by atoms with van der Waals surface area (Å²) in [6, 6.07) is 22.4. The van der Waals surface area contributed by atoms with Crippen LogP contribution >= 0.6 is 23.4 Å². The van der Waals surface area contributed by atoms with Crippen molar-refractivity contribution in [2.45, 2.75) is 12.1 Å². The number of ether oxygens (including phenoxy) is 2. The van der Waals surface area contributed by atoms with Crippen LogP contribution in [-0.4, -0.2) is 46.4 Å². The van der Waals surface area contributed by atoms with Gasteiger partial charge in [-0.1, -0.05) is 35.5 Å². The van der Waals surface area contributed by atoms with Crippen LogP contribution in [0.2, 0.25) is 5.02 Å². The van der Waals surface area contributed by atoms with Crippen molar-refractivity contribution in [3.63, 3.8) is 0 Å². The summed E-state index contributed by atoms with van der Waals surface area (Å²) >= 11 is 7.33. The molecule has 0 saturated heterocycles. The lowest BCUT2D eigenvalue weighted by molar-refractivity contribution is -0.118. The summed E-state index contributed by atoms with van der Waals surface area (Å²) in [6.07, 6.45) is 1.56. The number of benzene rings is 3. The number of nitrogens with zero attached hydrogens (tertiary/aromatic N) is 4.